The van der Waals surface area contributed by atoms with Crippen LogP contribution in [-0.2, 0) is 4.74 Å². The minimum atomic E-state index is -0.303. The number of carbonyl (C=O) groups is 2. The van der Waals surface area contributed by atoms with Gasteiger partial charge in [0.15, 0.2) is 0 Å². The Morgan fingerprint density at radius 3 is 2.48 bits per heavy atom. The molecule has 0 radical (unpaired) electrons. The molecule has 1 saturated heterocycles. The second-order valence-electron chi connectivity index (χ2n) is 7.24. The Morgan fingerprint density at radius 1 is 1.11 bits per heavy atom. The van der Waals surface area contributed by atoms with E-state index in [0.717, 1.165) is 5.56 Å². The van der Waals surface area contributed by atoms with E-state index in [0.29, 0.717) is 36.3 Å². The number of hydrogen-bond acceptors (Lipinski definition) is 4. The molecule has 2 heterocycles. The monoisotopic (exact) mass is 365 g/mol. The van der Waals surface area contributed by atoms with Gasteiger partial charge in [-0.25, -0.2) is 4.98 Å². The maximum atomic E-state index is 12.8. The fraction of sp³-hybridized carbons (Fsp3) is 0.381. The number of carbonyl (C=O) groups excluding carboxylic acids is 2. The van der Waals surface area contributed by atoms with E-state index >= 15 is 0 Å². The topological polar surface area (TPSA) is 80.3 Å². The summed E-state index contributed by atoms with van der Waals surface area (Å²) >= 11 is 0. The van der Waals surface area contributed by atoms with Gasteiger partial charge >= 0.3 is 0 Å². The van der Waals surface area contributed by atoms with E-state index in [-0.39, 0.29) is 29.5 Å². The molecule has 0 bridgehead atoms. The number of pyridine rings is 1. The summed E-state index contributed by atoms with van der Waals surface area (Å²) in [4.78, 5) is 29.5. The molecule has 0 spiro atoms. The Balaban J connectivity index is 1.62. The molecule has 6 nitrogen and oxygen atoms in total. The van der Waals surface area contributed by atoms with Crippen LogP contribution < -0.4 is 10.6 Å². The van der Waals surface area contributed by atoms with Gasteiger partial charge in [0.05, 0.1) is 13.2 Å². The molecule has 1 aromatic heterocycles. The summed E-state index contributed by atoms with van der Waals surface area (Å²) < 4.78 is 5.37. The molecule has 6 heteroatoms. The first-order chi connectivity index (χ1) is 13.1. The highest BCUT2D eigenvalue weighted by atomic mass is 16.5. The fourth-order valence-electron chi connectivity index (χ4n) is 3.75. The first kappa shape index (κ1) is 17.7. The lowest BCUT2D eigenvalue weighted by Crippen LogP contribution is -2.30. The molecule has 2 N–H and O–H groups in total. The summed E-state index contributed by atoms with van der Waals surface area (Å²) in [6.45, 7) is 3.45. The number of nitrogens with zero attached hydrogens (tertiary/aromatic N) is 1. The number of benzene rings is 1. The van der Waals surface area contributed by atoms with Gasteiger partial charge in [0.2, 0.25) is 0 Å². The first-order valence-corrected chi connectivity index (χ1v) is 9.26. The Bertz CT molecular complexity index is 858. The summed E-state index contributed by atoms with van der Waals surface area (Å²) in [5.41, 5.74) is 2.50. The normalized spacial score (nSPS) is 24.0. The maximum absolute atomic E-state index is 12.8. The van der Waals surface area contributed by atoms with Crippen molar-refractivity contribution in [2.24, 2.45) is 11.8 Å². The summed E-state index contributed by atoms with van der Waals surface area (Å²) in [6, 6.07) is 13.5. The highest BCUT2D eigenvalue weighted by Gasteiger charge is 2.54. The molecular weight excluding hydrogens is 342 g/mol. The number of rotatable bonds is 5. The van der Waals surface area contributed by atoms with Crippen LogP contribution in [0.1, 0.15) is 44.9 Å². The SMILES string of the molecule is CNC(=O)c1cc(C(=O)NC2C3COC[C@H]32)cc([C@@H](C)c2ccccc2)n1. The van der Waals surface area contributed by atoms with E-state index in [1.165, 1.54) is 0 Å². The first-order valence-electron chi connectivity index (χ1n) is 9.26. The number of nitrogens with one attached hydrogen (secondary N) is 2. The zero-order valence-corrected chi connectivity index (χ0v) is 15.4. The van der Waals surface area contributed by atoms with Crippen LogP contribution in [0.5, 0.6) is 0 Å². The smallest absolute Gasteiger partial charge is 0.269 e. The molecule has 4 rings (SSSR count). The second-order valence-corrected chi connectivity index (χ2v) is 7.24. The quantitative estimate of drug-likeness (QED) is 0.849. The van der Waals surface area contributed by atoms with E-state index in [1.54, 1.807) is 19.2 Å². The average molecular weight is 365 g/mol. The van der Waals surface area contributed by atoms with Crippen molar-refractivity contribution in [3.63, 3.8) is 0 Å². The Kier molecular flexibility index (Phi) is 4.66. The lowest BCUT2D eigenvalue weighted by Gasteiger charge is -2.15. The average Bonchev–Trinajstić information content (AvgIpc) is 3.13. The third kappa shape index (κ3) is 3.45. The van der Waals surface area contributed by atoms with Crippen LogP contribution in [0.2, 0.25) is 0 Å². The minimum absolute atomic E-state index is 0.0314. The highest BCUT2D eigenvalue weighted by Crippen LogP contribution is 2.44. The second kappa shape index (κ2) is 7.12. The van der Waals surface area contributed by atoms with E-state index in [9.17, 15) is 9.59 Å². The van der Waals surface area contributed by atoms with Gasteiger partial charge in [-0.1, -0.05) is 37.3 Å². The molecule has 2 unspecified atom stereocenters. The number of hydrogen-bond donors (Lipinski definition) is 2. The number of fused-ring (bicyclic) bond motifs is 1. The molecule has 4 atom stereocenters. The summed E-state index contributed by atoms with van der Waals surface area (Å²) in [6.07, 6.45) is 0. The molecule has 2 aromatic rings. The van der Waals surface area contributed by atoms with Crippen LogP contribution in [0.4, 0.5) is 0 Å². The van der Waals surface area contributed by atoms with Crippen LogP contribution in [0.15, 0.2) is 42.5 Å². The zero-order valence-electron chi connectivity index (χ0n) is 15.4. The number of amides is 2. The summed E-state index contributed by atoms with van der Waals surface area (Å²) in [7, 11) is 1.56. The van der Waals surface area contributed by atoms with Gasteiger partial charge in [0, 0.05) is 42.1 Å². The van der Waals surface area contributed by atoms with E-state index in [2.05, 4.69) is 15.6 Å². The summed E-state index contributed by atoms with van der Waals surface area (Å²) in [5, 5.41) is 5.67. The van der Waals surface area contributed by atoms with Gasteiger partial charge in [-0.3, -0.25) is 9.59 Å². The molecule has 1 aliphatic heterocycles. The molecular formula is C21H23N3O3. The predicted octanol–water partition coefficient (Wildman–Crippen LogP) is 1.97. The third-order valence-corrected chi connectivity index (χ3v) is 5.56. The van der Waals surface area contributed by atoms with E-state index < -0.39 is 0 Å². The van der Waals surface area contributed by atoms with Crippen molar-refractivity contribution in [2.45, 2.75) is 18.9 Å². The maximum Gasteiger partial charge on any atom is 0.269 e. The number of ether oxygens (including phenoxy) is 1. The largest absolute Gasteiger partial charge is 0.381 e. The lowest BCUT2D eigenvalue weighted by molar-refractivity contribution is 0.0928. The van der Waals surface area contributed by atoms with Crippen LogP contribution >= 0.6 is 0 Å². The lowest BCUT2D eigenvalue weighted by atomic mass is 9.96. The fourth-order valence-corrected chi connectivity index (χ4v) is 3.75. The van der Waals surface area contributed by atoms with Crippen molar-refractivity contribution in [1.29, 1.82) is 0 Å². The van der Waals surface area contributed by atoms with Crippen molar-refractivity contribution in [3.8, 4) is 0 Å². The molecule has 27 heavy (non-hydrogen) atoms. The molecule has 1 aliphatic carbocycles. The number of aromatic nitrogens is 1. The van der Waals surface area contributed by atoms with Gasteiger partial charge in [-0.15, -0.1) is 0 Å². The van der Waals surface area contributed by atoms with Crippen LogP contribution in [0.3, 0.4) is 0 Å². The highest BCUT2D eigenvalue weighted by molar-refractivity contribution is 5.99. The van der Waals surface area contributed by atoms with Crippen molar-refractivity contribution in [2.75, 3.05) is 20.3 Å². The third-order valence-electron chi connectivity index (χ3n) is 5.56. The van der Waals surface area contributed by atoms with Crippen LogP contribution in [0, 0.1) is 11.8 Å². The molecule has 140 valence electrons. The molecule has 2 fully saturated rings. The Morgan fingerprint density at radius 2 is 1.81 bits per heavy atom. The van der Waals surface area contributed by atoms with Gasteiger partial charge in [0.1, 0.15) is 5.69 Å². The van der Waals surface area contributed by atoms with Crippen molar-refractivity contribution in [1.82, 2.24) is 15.6 Å². The van der Waals surface area contributed by atoms with Crippen LogP contribution in [0.25, 0.3) is 0 Å². The van der Waals surface area contributed by atoms with Gasteiger partial charge in [0.25, 0.3) is 11.8 Å². The Labute approximate surface area is 158 Å². The zero-order chi connectivity index (χ0) is 19.0. The van der Waals surface area contributed by atoms with Crippen molar-refractivity contribution < 1.29 is 14.3 Å². The molecule has 2 aliphatic rings. The van der Waals surface area contributed by atoms with Crippen LogP contribution in [-0.4, -0.2) is 43.1 Å². The van der Waals surface area contributed by atoms with Gasteiger partial charge < -0.3 is 15.4 Å². The van der Waals surface area contributed by atoms with E-state index in [4.69, 9.17) is 4.74 Å². The summed E-state index contributed by atoms with van der Waals surface area (Å²) in [5.74, 6) is 0.358. The molecule has 1 saturated carbocycles. The standard InChI is InChI=1S/C21H23N3O3/c1-12(13-6-4-3-5-7-13)17-8-14(9-18(23-17)21(26)22-2)20(25)24-19-15-10-27-11-16(15)19/h3-9,12,15-16,19H,10-11H2,1-2H3,(H,22,26)(H,24,25)/t12-,15+,16?,19?/m0/s1. The van der Waals surface area contributed by atoms with Gasteiger partial charge in [-0.05, 0) is 17.7 Å². The molecule has 2 amide bonds. The van der Waals surface area contributed by atoms with Crippen molar-refractivity contribution in [3.05, 3.63) is 65.0 Å². The molecule has 1 aromatic carbocycles. The van der Waals surface area contributed by atoms with E-state index in [1.807, 2.05) is 37.3 Å². The van der Waals surface area contributed by atoms with Crippen molar-refractivity contribution >= 4 is 11.8 Å². The minimum Gasteiger partial charge on any atom is -0.381 e. The predicted molar refractivity (Wildman–Crippen MR) is 101 cm³/mol. The Hall–Kier alpha value is -2.73. The van der Waals surface area contributed by atoms with Gasteiger partial charge in [-0.2, -0.15) is 0 Å².